The van der Waals surface area contributed by atoms with Crippen LogP contribution in [0, 0.1) is 17.8 Å². The zero-order valence-corrected chi connectivity index (χ0v) is 29.4. The molecule has 15 heteroatoms. The van der Waals surface area contributed by atoms with Gasteiger partial charge in [0.05, 0.1) is 12.2 Å². The van der Waals surface area contributed by atoms with Gasteiger partial charge >= 0.3 is 0 Å². The van der Waals surface area contributed by atoms with Crippen molar-refractivity contribution in [3.05, 3.63) is 36.9 Å². The van der Waals surface area contributed by atoms with Crippen LogP contribution in [-0.2, 0) is 24.0 Å². The van der Waals surface area contributed by atoms with Gasteiger partial charge < -0.3 is 36.6 Å². The predicted octanol–water partition coefficient (Wildman–Crippen LogP) is 0.494. The van der Waals surface area contributed by atoms with Gasteiger partial charge in [-0.1, -0.05) is 45.6 Å². The molecule has 1 aromatic heterocycles. The summed E-state index contributed by atoms with van der Waals surface area (Å²) in [5.74, 6) is -3.54. The van der Waals surface area contributed by atoms with Crippen molar-refractivity contribution in [3.8, 4) is 0 Å². The van der Waals surface area contributed by atoms with Crippen LogP contribution in [0.5, 0.6) is 0 Å². The molecule has 15 nitrogen and oxygen atoms in total. The van der Waals surface area contributed by atoms with E-state index >= 15 is 0 Å². The van der Waals surface area contributed by atoms with Crippen LogP contribution in [0.1, 0.15) is 94.5 Å². The van der Waals surface area contributed by atoms with Crippen LogP contribution in [0.15, 0.2) is 31.2 Å². The Morgan fingerprint density at radius 1 is 0.961 bits per heavy atom. The average molecular weight is 709 g/mol. The molecule has 51 heavy (non-hydrogen) atoms. The minimum atomic E-state index is -1.45. The number of aliphatic hydroxyl groups is 1. The highest BCUT2D eigenvalue weighted by atomic mass is 16.3. The van der Waals surface area contributed by atoms with Crippen molar-refractivity contribution in [2.45, 2.75) is 120 Å². The standard InChI is InChI=1S/C36H52N8O7/c1-3-9-25(31(46)35(50)40-23-14-15-23)41-34(49)30-24-13-8-12-22(24)20-44(30)36(51)27(19-39-28(45)4-2)42-33(48)29(21-10-6-5-7-11-21)43-32(47)26-18-37-16-17-38-26/h4,16-18,21-25,27,29-31,46H,2-3,5-15,19-20H2,1H3,(H,39,45)(H,40,50)(H,41,49)(H,42,48)(H,43,47)/t22-,24-,25-,27-,29-,30?,31?/m0/s1. The van der Waals surface area contributed by atoms with Gasteiger partial charge in [-0.05, 0) is 68.8 Å². The number of nitrogens with one attached hydrogen (secondary N) is 5. The summed E-state index contributed by atoms with van der Waals surface area (Å²) >= 11 is 0. The lowest BCUT2D eigenvalue weighted by atomic mass is 9.83. The van der Waals surface area contributed by atoms with Crippen LogP contribution in [0.25, 0.3) is 0 Å². The third-order valence-corrected chi connectivity index (χ3v) is 10.7. The molecular formula is C36H52N8O7. The van der Waals surface area contributed by atoms with E-state index < -0.39 is 65.7 Å². The topological polar surface area (TPSA) is 212 Å². The van der Waals surface area contributed by atoms with Crippen molar-refractivity contribution < 1.29 is 33.9 Å². The van der Waals surface area contributed by atoms with E-state index in [1.807, 2.05) is 6.92 Å². The second-order valence-electron chi connectivity index (χ2n) is 14.4. The summed E-state index contributed by atoms with van der Waals surface area (Å²) in [6, 6.07) is -3.96. The number of aromatic nitrogens is 2. The zero-order chi connectivity index (χ0) is 36.5. The molecule has 0 radical (unpaired) electrons. The van der Waals surface area contributed by atoms with Crippen molar-refractivity contribution in [2.75, 3.05) is 13.1 Å². The number of amides is 6. The van der Waals surface area contributed by atoms with Crippen molar-refractivity contribution in [3.63, 3.8) is 0 Å². The highest BCUT2D eigenvalue weighted by Crippen LogP contribution is 2.42. The van der Waals surface area contributed by atoms with E-state index in [0.717, 1.165) is 57.4 Å². The van der Waals surface area contributed by atoms with E-state index in [0.29, 0.717) is 25.7 Å². The Hall–Kier alpha value is -4.40. The van der Waals surface area contributed by atoms with E-state index in [2.05, 4.69) is 43.1 Å². The number of carbonyl (C=O) groups is 6. The minimum absolute atomic E-state index is 0.0408. The second kappa shape index (κ2) is 17.7. The van der Waals surface area contributed by atoms with Gasteiger partial charge in [0, 0.05) is 31.5 Å². The first kappa shape index (κ1) is 37.8. The summed E-state index contributed by atoms with van der Waals surface area (Å²) in [5, 5.41) is 24.9. The number of nitrogens with zero attached hydrogens (tertiary/aromatic N) is 3. The van der Waals surface area contributed by atoms with Crippen molar-refractivity contribution in [1.82, 2.24) is 41.5 Å². The fraction of sp³-hybridized carbons (Fsp3) is 0.667. The van der Waals surface area contributed by atoms with Gasteiger partial charge in [0.25, 0.3) is 11.8 Å². The minimum Gasteiger partial charge on any atom is -0.381 e. The molecule has 2 unspecified atom stereocenters. The number of aliphatic hydroxyl groups excluding tert-OH is 1. The van der Waals surface area contributed by atoms with Gasteiger partial charge in [0.15, 0.2) is 6.10 Å². The summed E-state index contributed by atoms with van der Waals surface area (Å²) in [6.07, 6.45) is 13.0. The monoisotopic (exact) mass is 708 g/mol. The lowest BCUT2D eigenvalue weighted by molar-refractivity contribution is -0.143. The van der Waals surface area contributed by atoms with Crippen LogP contribution in [0.2, 0.25) is 0 Å². The first-order valence-electron chi connectivity index (χ1n) is 18.5. The number of hydrogen-bond acceptors (Lipinski definition) is 9. The maximum atomic E-state index is 14.5. The Labute approximate surface area is 298 Å². The van der Waals surface area contributed by atoms with Gasteiger partial charge in [-0.2, -0.15) is 0 Å². The Morgan fingerprint density at radius 3 is 2.39 bits per heavy atom. The Balaban J connectivity index is 1.36. The maximum absolute atomic E-state index is 14.5. The number of hydrogen-bond donors (Lipinski definition) is 6. The zero-order valence-electron chi connectivity index (χ0n) is 29.4. The molecule has 7 atom stereocenters. The largest absolute Gasteiger partial charge is 0.381 e. The van der Waals surface area contributed by atoms with Crippen LogP contribution in [0.3, 0.4) is 0 Å². The molecule has 4 aliphatic rings. The SMILES string of the molecule is C=CC(=O)NC[C@H](NC(=O)[C@@H](NC(=O)c1cnccn1)C1CCCCC1)C(=O)N1C[C@@H]2CCC[C@@H]2C1C(=O)N[C@@H](CCC)C(O)C(=O)NC1CC1. The average Bonchev–Trinajstić information content (AvgIpc) is 3.71. The molecule has 0 spiro atoms. The summed E-state index contributed by atoms with van der Waals surface area (Å²) < 4.78 is 0. The number of fused-ring (bicyclic) bond motifs is 1. The third-order valence-electron chi connectivity index (χ3n) is 10.7. The van der Waals surface area contributed by atoms with E-state index in [9.17, 15) is 33.9 Å². The maximum Gasteiger partial charge on any atom is 0.272 e. The van der Waals surface area contributed by atoms with Gasteiger partial charge in [-0.15, -0.1) is 0 Å². The van der Waals surface area contributed by atoms with E-state index in [-0.39, 0.29) is 42.6 Å². The molecule has 0 aromatic carbocycles. The molecule has 6 amide bonds. The van der Waals surface area contributed by atoms with Crippen molar-refractivity contribution in [1.29, 1.82) is 0 Å². The summed E-state index contributed by atoms with van der Waals surface area (Å²) in [4.78, 5) is 90.3. The third kappa shape index (κ3) is 9.69. The van der Waals surface area contributed by atoms with Crippen molar-refractivity contribution >= 4 is 35.4 Å². The van der Waals surface area contributed by atoms with Crippen LogP contribution in [-0.4, -0.2) is 105 Å². The second-order valence-corrected chi connectivity index (χ2v) is 14.4. The van der Waals surface area contributed by atoms with E-state index in [1.54, 1.807) is 0 Å². The number of likely N-dealkylation sites (tertiary alicyclic amines) is 1. The van der Waals surface area contributed by atoms with Gasteiger partial charge in [0.1, 0.15) is 23.8 Å². The molecule has 4 fully saturated rings. The quantitative estimate of drug-likeness (QED) is 0.132. The summed E-state index contributed by atoms with van der Waals surface area (Å²) in [5.41, 5.74) is 0.0472. The number of rotatable bonds is 16. The van der Waals surface area contributed by atoms with E-state index in [4.69, 9.17) is 0 Å². The molecule has 3 saturated carbocycles. The summed E-state index contributed by atoms with van der Waals surface area (Å²) in [6.45, 7) is 5.38. The number of carbonyl (C=O) groups excluding carboxylic acids is 6. The highest BCUT2D eigenvalue weighted by molar-refractivity contribution is 5.98. The Bertz CT molecular complexity index is 1430. The molecule has 5 rings (SSSR count). The lowest BCUT2D eigenvalue weighted by Crippen LogP contribution is -2.62. The highest BCUT2D eigenvalue weighted by Gasteiger charge is 2.51. The molecule has 1 saturated heterocycles. The lowest BCUT2D eigenvalue weighted by Gasteiger charge is -2.34. The molecule has 2 heterocycles. The van der Waals surface area contributed by atoms with Crippen LogP contribution in [0.4, 0.5) is 0 Å². The molecular weight excluding hydrogens is 656 g/mol. The molecule has 3 aliphatic carbocycles. The molecule has 0 bridgehead atoms. The van der Waals surface area contributed by atoms with Crippen LogP contribution < -0.4 is 26.6 Å². The van der Waals surface area contributed by atoms with Crippen LogP contribution >= 0.6 is 0 Å². The Kier molecular flexibility index (Phi) is 13.1. The molecule has 1 aromatic rings. The van der Waals surface area contributed by atoms with Crippen molar-refractivity contribution in [2.24, 2.45) is 17.8 Å². The fourth-order valence-electron chi connectivity index (χ4n) is 7.89. The molecule has 1 aliphatic heterocycles. The predicted molar refractivity (Wildman–Crippen MR) is 185 cm³/mol. The Morgan fingerprint density at radius 2 is 1.73 bits per heavy atom. The first-order chi connectivity index (χ1) is 24.6. The fourth-order valence-corrected chi connectivity index (χ4v) is 7.89. The van der Waals surface area contributed by atoms with Gasteiger partial charge in [0.2, 0.25) is 23.6 Å². The normalized spacial score (nSPS) is 23.9. The smallest absolute Gasteiger partial charge is 0.272 e. The molecule has 278 valence electrons. The van der Waals surface area contributed by atoms with E-state index in [1.165, 1.54) is 23.5 Å². The van der Waals surface area contributed by atoms with Gasteiger partial charge in [-0.3, -0.25) is 33.8 Å². The first-order valence-corrected chi connectivity index (χ1v) is 18.5. The summed E-state index contributed by atoms with van der Waals surface area (Å²) in [7, 11) is 0. The molecule has 6 N–H and O–H groups in total. The van der Waals surface area contributed by atoms with Gasteiger partial charge in [-0.25, -0.2) is 4.98 Å².